The van der Waals surface area contributed by atoms with Crippen LogP contribution in [0.2, 0.25) is 0 Å². The maximum Gasteiger partial charge on any atom is 0.335 e. The number of rotatable bonds is 15. The Morgan fingerprint density at radius 1 is 0.926 bits per heavy atom. The molecule has 2 unspecified atom stereocenters. The van der Waals surface area contributed by atoms with E-state index in [1.807, 2.05) is 19.1 Å². The van der Waals surface area contributed by atoms with Gasteiger partial charge in [-0.15, -0.1) is 0 Å². The largest absolute Gasteiger partial charge is 0.478 e. The van der Waals surface area contributed by atoms with E-state index in [1.54, 1.807) is 6.07 Å². The number of hydrogen-bond acceptors (Lipinski definition) is 2. The lowest BCUT2D eigenvalue weighted by molar-refractivity contribution is 0.0696. The molecule has 0 saturated carbocycles. The molecule has 152 valence electrons. The minimum absolute atomic E-state index is 0.108. The lowest BCUT2D eigenvalue weighted by atomic mass is 9.97. The van der Waals surface area contributed by atoms with Gasteiger partial charge in [-0.05, 0) is 30.5 Å². The molecular formula is C24H38O3. The summed E-state index contributed by atoms with van der Waals surface area (Å²) < 4.78 is 5.83. The van der Waals surface area contributed by atoms with Gasteiger partial charge in [-0.1, -0.05) is 96.1 Å². The summed E-state index contributed by atoms with van der Waals surface area (Å²) in [5.41, 5.74) is 2.30. The Labute approximate surface area is 165 Å². The fourth-order valence-electron chi connectivity index (χ4n) is 4.02. The van der Waals surface area contributed by atoms with E-state index in [0.29, 0.717) is 5.56 Å². The summed E-state index contributed by atoms with van der Waals surface area (Å²) in [7, 11) is 0. The van der Waals surface area contributed by atoms with E-state index in [0.717, 1.165) is 17.5 Å². The van der Waals surface area contributed by atoms with E-state index >= 15 is 0 Å². The van der Waals surface area contributed by atoms with Crippen LogP contribution >= 0.6 is 0 Å². The second kappa shape index (κ2) is 12.2. The van der Waals surface area contributed by atoms with Gasteiger partial charge in [-0.2, -0.15) is 0 Å². The highest BCUT2D eigenvalue weighted by molar-refractivity contribution is 5.89. The number of unbranched alkanes of at least 4 members (excludes halogenated alkanes) is 11. The first-order valence-electron chi connectivity index (χ1n) is 11.1. The van der Waals surface area contributed by atoms with Crippen molar-refractivity contribution in [2.75, 3.05) is 0 Å². The van der Waals surface area contributed by atoms with Crippen LogP contribution in [0.5, 0.6) is 0 Å². The monoisotopic (exact) mass is 374 g/mol. The van der Waals surface area contributed by atoms with Gasteiger partial charge >= 0.3 is 5.97 Å². The molecule has 0 aliphatic carbocycles. The van der Waals surface area contributed by atoms with Crippen molar-refractivity contribution in [1.82, 2.24) is 0 Å². The van der Waals surface area contributed by atoms with Crippen LogP contribution in [0.4, 0.5) is 0 Å². The maximum absolute atomic E-state index is 11.3. The Morgan fingerprint density at radius 3 is 2.04 bits per heavy atom. The van der Waals surface area contributed by atoms with Gasteiger partial charge in [-0.3, -0.25) is 0 Å². The number of carboxylic acids is 1. The first kappa shape index (κ1) is 21.9. The molecule has 0 bridgehead atoms. The van der Waals surface area contributed by atoms with E-state index in [2.05, 4.69) is 6.92 Å². The molecule has 0 radical (unpaired) electrons. The van der Waals surface area contributed by atoms with Gasteiger partial charge < -0.3 is 9.84 Å². The van der Waals surface area contributed by atoms with Gasteiger partial charge in [0.2, 0.25) is 0 Å². The molecule has 1 saturated heterocycles. The van der Waals surface area contributed by atoms with Gasteiger partial charge in [0.15, 0.2) is 0 Å². The molecule has 1 aliphatic rings. The summed E-state index contributed by atoms with van der Waals surface area (Å²) in [6.45, 7) is 4.16. The second-order valence-electron chi connectivity index (χ2n) is 8.10. The van der Waals surface area contributed by atoms with Crippen molar-refractivity contribution in [2.24, 2.45) is 0 Å². The fraction of sp³-hybridized carbons (Fsp3) is 0.708. The second-order valence-corrected chi connectivity index (χ2v) is 8.10. The molecule has 3 heteroatoms. The standard InChI is InChI=1S/C24H38O3/c1-3-4-5-6-7-8-9-10-11-12-13-14-18-22-23(27-22)20-16-15-17-21(19(20)2)24(25)26/h15-17,22-23H,3-14,18H2,1-2H3,(H,25,26). The zero-order valence-electron chi connectivity index (χ0n) is 17.3. The number of ether oxygens (including phenoxy) is 1. The average molecular weight is 375 g/mol. The molecule has 0 amide bonds. The number of carboxylic acid groups (broad SMARTS) is 1. The zero-order valence-corrected chi connectivity index (χ0v) is 17.3. The van der Waals surface area contributed by atoms with Gasteiger partial charge in [0.25, 0.3) is 0 Å². The molecule has 0 spiro atoms. The van der Waals surface area contributed by atoms with Crippen molar-refractivity contribution in [3.63, 3.8) is 0 Å². The Balaban J connectivity index is 1.49. The number of hydrogen-bond donors (Lipinski definition) is 1. The van der Waals surface area contributed by atoms with Crippen LogP contribution in [-0.2, 0) is 4.74 Å². The highest BCUT2D eigenvalue weighted by Gasteiger charge is 2.40. The Hall–Kier alpha value is -1.35. The lowest BCUT2D eigenvalue weighted by Gasteiger charge is -2.06. The van der Waals surface area contributed by atoms with E-state index in [1.165, 1.54) is 77.0 Å². The minimum Gasteiger partial charge on any atom is -0.478 e. The number of epoxide rings is 1. The van der Waals surface area contributed by atoms with Crippen molar-refractivity contribution in [1.29, 1.82) is 0 Å². The van der Waals surface area contributed by atoms with E-state index in [4.69, 9.17) is 4.74 Å². The van der Waals surface area contributed by atoms with Gasteiger partial charge in [0.05, 0.1) is 11.7 Å². The number of aromatic carboxylic acids is 1. The summed E-state index contributed by atoms with van der Waals surface area (Å²) in [6.07, 6.45) is 17.9. The van der Waals surface area contributed by atoms with Gasteiger partial charge in [-0.25, -0.2) is 4.79 Å². The Morgan fingerprint density at radius 2 is 1.48 bits per heavy atom. The Bertz CT molecular complexity index is 567. The van der Waals surface area contributed by atoms with Crippen molar-refractivity contribution >= 4 is 5.97 Å². The molecule has 1 heterocycles. The fourth-order valence-corrected chi connectivity index (χ4v) is 4.02. The van der Waals surface area contributed by atoms with Crippen molar-refractivity contribution in [2.45, 2.75) is 110 Å². The third kappa shape index (κ3) is 7.65. The molecular weight excluding hydrogens is 336 g/mol. The Kier molecular flexibility index (Phi) is 9.90. The summed E-state index contributed by atoms with van der Waals surface area (Å²) in [5, 5.41) is 9.24. The summed E-state index contributed by atoms with van der Waals surface area (Å²) in [6, 6.07) is 5.51. The lowest BCUT2D eigenvalue weighted by Crippen LogP contribution is -2.02. The zero-order chi connectivity index (χ0) is 19.5. The van der Waals surface area contributed by atoms with E-state index < -0.39 is 5.97 Å². The minimum atomic E-state index is -0.854. The average Bonchev–Trinajstić information content (AvgIpc) is 3.42. The van der Waals surface area contributed by atoms with E-state index in [9.17, 15) is 9.90 Å². The highest BCUT2D eigenvalue weighted by Crippen LogP contribution is 2.43. The van der Waals surface area contributed by atoms with Crippen LogP contribution in [0.3, 0.4) is 0 Å². The topological polar surface area (TPSA) is 49.8 Å². The summed E-state index contributed by atoms with van der Waals surface area (Å²) >= 11 is 0. The normalized spacial score (nSPS) is 18.6. The molecule has 3 nitrogen and oxygen atoms in total. The quantitative estimate of drug-likeness (QED) is 0.260. The van der Waals surface area contributed by atoms with Crippen LogP contribution in [0, 0.1) is 6.92 Å². The molecule has 1 aliphatic heterocycles. The van der Waals surface area contributed by atoms with Gasteiger partial charge in [0.1, 0.15) is 6.10 Å². The predicted molar refractivity (Wildman–Crippen MR) is 111 cm³/mol. The highest BCUT2D eigenvalue weighted by atomic mass is 16.6. The van der Waals surface area contributed by atoms with Crippen molar-refractivity contribution < 1.29 is 14.6 Å². The molecule has 0 aromatic heterocycles. The maximum atomic E-state index is 11.3. The summed E-state index contributed by atoms with van der Waals surface area (Å²) in [4.78, 5) is 11.3. The molecule has 27 heavy (non-hydrogen) atoms. The first-order valence-corrected chi connectivity index (χ1v) is 11.1. The smallest absolute Gasteiger partial charge is 0.335 e. The molecule has 2 atom stereocenters. The molecule has 1 aromatic rings. The van der Waals surface area contributed by atoms with Crippen LogP contribution < -0.4 is 0 Å². The van der Waals surface area contributed by atoms with Crippen LogP contribution in [-0.4, -0.2) is 17.2 Å². The van der Waals surface area contributed by atoms with Crippen LogP contribution in [0.1, 0.15) is 118 Å². The third-order valence-electron chi connectivity index (χ3n) is 5.84. The number of carbonyl (C=O) groups is 1. The SMILES string of the molecule is CCCCCCCCCCCCCCC1OC1c1cccc(C(=O)O)c1C. The molecule has 2 rings (SSSR count). The van der Waals surface area contributed by atoms with Gasteiger partial charge in [0, 0.05) is 0 Å². The summed E-state index contributed by atoms with van der Waals surface area (Å²) in [5.74, 6) is -0.854. The molecule has 1 aromatic carbocycles. The van der Waals surface area contributed by atoms with Crippen LogP contribution in [0.25, 0.3) is 0 Å². The molecule has 1 fully saturated rings. The first-order chi connectivity index (χ1) is 13.1. The number of benzene rings is 1. The predicted octanol–water partition coefficient (Wildman–Crippen LogP) is 7.22. The van der Waals surface area contributed by atoms with Crippen molar-refractivity contribution in [3.8, 4) is 0 Å². The van der Waals surface area contributed by atoms with Crippen molar-refractivity contribution in [3.05, 3.63) is 34.9 Å². The molecule has 1 N–H and O–H groups in total. The third-order valence-corrected chi connectivity index (χ3v) is 5.84. The van der Waals surface area contributed by atoms with E-state index in [-0.39, 0.29) is 12.2 Å². The van der Waals surface area contributed by atoms with Crippen LogP contribution in [0.15, 0.2) is 18.2 Å².